The number of aromatic carboxylic acids is 1. The monoisotopic (exact) mass is 292 g/mol. The van der Waals surface area contributed by atoms with Gasteiger partial charge in [-0.1, -0.05) is 12.8 Å². The van der Waals surface area contributed by atoms with Gasteiger partial charge in [0.1, 0.15) is 5.52 Å². The SMILES string of the molecule is NC1CCCCC1Nc1ncc2scc(C(=O)O)c2n1. The predicted molar refractivity (Wildman–Crippen MR) is 78.2 cm³/mol. The normalized spacial score (nSPS) is 22.9. The van der Waals surface area contributed by atoms with Crippen LogP contribution in [0, 0.1) is 0 Å². The summed E-state index contributed by atoms with van der Waals surface area (Å²) >= 11 is 1.34. The van der Waals surface area contributed by atoms with Crippen LogP contribution in [0.15, 0.2) is 11.6 Å². The Hall–Kier alpha value is -1.73. The molecule has 1 saturated carbocycles. The van der Waals surface area contributed by atoms with Crippen molar-refractivity contribution in [3.05, 3.63) is 17.1 Å². The van der Waals surface area contributed by atoms with Crippen LogP contribution in [0.5, 0.6) is 0 Å². The molecule has 2 aromatic rings. The van der Waals surface area contributed by atoms with Crippen molar-refractivity contribution in [1.29, 1.82) is 0 Å². The fraction of sp³-hybridized carbons (Fsp3) is 0.462. The third kappa shape index (κ3) is 2.46. The van der Waals surface area contributed by atoms with E-state index in [9.17, 15) is 4.79 Å². The average Bonchev–Trinajstić information content (AvgIpc) is 2.84. The van der Waals surface area contributed by atoms with E-state index >= 15 is 0 Å². The van der Waals surface area contributed by atoms with Gasteiger partial charge in [0.2, 0.25) is 5.95 Å². The molecule has 4 N–H and O–H groups in total. The summed E-state index contributed by atoms with van der Waals surface area (Å²) in [7, 11) is 0. The zero-order chi connectivity index (χ0) is 14.1. The molecule has 0 bridgehead atoms. The fourth-order valence-electron chi connectivity index (χ4n) is 2.55. The summed E-state index contributed by atoms with van der Waals surface area (Å²) in [5.74, 6) is -0.504. The minimum absolute atomic E-state index is 0.101. The van der Waals surface area contributed by atoms with Gasteiger partial charge in [-0.25, -0.2) is 14.8 Å². The molecular formula is C13H16N4O2S. The number of nitrogens with two attached hydrogens (primary N) is 1. The smallest absolute Gasteiger partial charge is 0.338 e. The zero-order valence-corrected chi connectivity index (χ0v) is 11.7. The number of aromatic nitrogens is 2. The van der Waals surface area contributed by atoms with Gasteiger partial charge in [-0.05, 0) is 12.8 Å². The molecule has 20 heavy (non-hydrogen) atoms. The van der Waals surface area contributed by atoms with Crippen molar-refractivity contribution in [2.75, 3.05) is 5.32 Å². The Kier molecular flexibility index (Phi) is 3.54. The van der Waals surface area contributed by atoms with E-state index in [0.717, 1.165) is 30.4 Å². The maximum Gasteiger partial charge on any atom is 0.338 e. The molecule has 1 aliphatic rings. The zero-order valence-electron chi connectivity index (χ0n) is 10.9. The van der Waals surface area contributed by atoms with Crippen LogP contribution in [0.3, 0.4) is 0 Å². The molecule has 2 heterocycles. The fourth-order valence-corrected chi connectivity index (χ4v) is 3.39. The van der Waals surface area contributed by atoms with Crippen LogP contribution in [0.2, 0.25) is 0 Å². The van der Waals surface area contributed by atoms with Crippen molar-refractivity contribution >= 4 is 33.5 Å². The van der Waals surface area contributed by atoms with Gasteiger partial charge in [0, 0.05) is 17.5 Å². The molecule has 2 aromatic heterocycles. The summed E-state index contributed by atoms with van der Waals surface area (Å²) < 4.78 is 0.779. The molecule has 0 aliphatic heterocycles. The summed E-state index contributed by atoms with van der Waals surface area (Å²) in [6.45, 7) is 0. The van der Waals surface area contributed by atoms with Crippen LogP contribution < -0.4 is 11.1 Å². The molecule has 0 radical (unpaired) electrons. The van der Waals surface area contributed by atoms with Crippen LogP contribution in [0.4, 0.5) is 5.95 Å². The topological polar surface area (TPSA) is 101 Å². The molecule has 0 spiro atoms. The highest BCUT2D eigenvalue weighted by molar-refractivity contribution is 7.17. The van der Waals surface area contributed by atoms with Crippen LogP contribution >= 0.6 is 11.3 Å². The standard InChI is InChI=1S/C13H16N4O2S/c14-8-3-1-2-4-9(8)16-13-15-5-10-11(17-13)7(6-20-10)12(18)19/h5-6,8-9H,1-4,14H2,(H,18,19)(H,15,16,17). The molecule has 6 nitrogen and oxygen atoms in total. The second-order valence-corrected chi connectivity index (χ2v) is 5.97. The Balaban J connectivity index is 1.88. The summed E-state index contributed by atoms with van der Waals surface area (Å²) in [6.07, 6.45) is 5.96. The highest BCUT2D eigenvalue weighted by Crippen LogP contribution is 2.25. The van der Waals surface area contributed by atoms with Crippen molar-refractivity contribution in [3.8, 4) is 0 Å². The van der Waals surface area contributed by atoms with Crippen molar-refractivity contribution < 1.29 is 9.90 Å². The van der Waals surface area contributed by atoms with Gasteiger partial charge in [0.05, 0.1) is 16.5 Å². The molecule has 7 heteroatoms. The maximum absolute atomic E-state index is 11.1. The third-order valence-electron chi connectivity index (χ3n) is 3.68. The van der Waals surface area contributed by atoms with Gasteiger partial charge in [-0.2, -0.15) is 0 Å². The molecule has 2 atom stereocenters. The van der Waals surface area contributed by atoms with E-state index in [0.29, 0.717) is 11.5 Å². The van der Waals surface area contributed by atoms with E-state index in [2.05, 4.69) is 15.3 Å². The molecule has 0 aromatic carbocycles. The first-order chi connectivity index (χ1) is 9.65. The van der Waals surface area contributed by atoms with Gasteiger partial charge in [0.15, 0.2) is 0 Å². The molecular weight excluding hydrogens is 276 g/mol. The van der Waals surface area contributed by atoms with Gasteiger partial charge >= 0.3 is 5.97 Å². The molecule has 106 valence electrons. The maximum atomic E-state index is 11.1. The van der Waals surface area contributed by atoms with E-state index < -0.39 is 5.97 Å². The number of hydrogen-bond acceptors (Lipinski definition) is 6. The van der Waals surface area contributed by atoms with Crippen LogP contribution in [0.25, 0.3) is 10.2 Å². The van der Waals surface area contributed by atoms with Crippen molar-refractivity contribution in [2.45, 2.75) is 37.8 Å². The van der Waals surface area contributed by atoms with Crippen LogP contribution in [-0.4, -0.2) is 33.1 Å². The van der Waals surface area contributed by atoms with Crippen molar-refractivity contribution in [2.24, 2.45) is 5.73 Å². The van der Waals surface area contributed by atoms with Gasteiger partial charge in [0.25, 0.3) is 0 Å². The summed E-state index contributed by atoms with van der Waals surface area (Å²) in [5, 5.41) is 14.0. The number of carboxylic acids is 1. The third-order valence-corrected chi connectivity index (χ3v) is 4.58. The van der Waals surface area contributed by atoms with Crippen LogP contribution in [0.1, 0.15) is 36.0 Å². The number of rotatable bonds is 3. The van der Waals surface area contributed by atoms with E-state index in [1.165, 1.54) is 11.3 Å². The lowest BCUT2D eigenvalue weighted by Gasteiger charge is -2.29. The molecule has 1 aliphatic carbocycles. The molecule has 2 unspecified atom stereocenters. The second-order valence-electron chi connectivity index (χ2n) is 5.06. The highest BCUT2D eigenvalue weighted by atomic mass is 32.1. The number of hydrogen-bond donors (Lipinski definition) is 3. The number of nitrogens with one attached hydrogen (secondary N) is 1. The van der Waals surface area contributed by atoms with E-state index in [-0.39, 0.29) is 17.6 Å². The number of thiophene rings is 1. The molecule has 1 fully saturated rings. The molecule has 0 amide bonds. The largest absolute Gasteiger partial charge is 0.478 e. The molecule has 3 rings (SSSR count). The lowest BCUT2D eigenvalue weighted by molar-refractivity contribution is 0.0699. The van der Waals surface area contributed by atoms with Gasteiger partial charge in [-0.15, -0.1) is 11.3 Å². The first kappa shape index (κ1) is 13.3. The average molecular weight is 292 g/mol. The number of fused-ring (bicyclic) bond motifs is 1. The summed E-state index contributed by atoms with van der Waals surface area (Å²) in [5.41, 5.74) is 6.80. The number of carbonyl (C=O) groups is 1. The Bertz CT molecular complexity index is 642. The Morgan fingerprint density at radius 3 is 3.00 bits per heavy atom. The minimum Gasteiger partial charge on any atom is -0.478 e. The summed E-state index contributed by atoms with van der Waals surface area (Å²) in [4.78, 5) is 19.7. The lowest BCUT2D eigenvalue weighted by atomic mass is 9.91. The summed E-state index contributed by atoms with van der Waals surface area (Å²) in [6, 6.07) is 0.262. The predicted octanol–water partition coefficient (Wildman–Crippen LogP) is 2.07. The Morgan fingerprint density at radius 2 is 2.25 bits per heavy atom. The Labute approximate surface area is 120 Å². The van der Waals surface area contributed by atoms with E-state index in [4.69, 9.17) is 10.8 Å². The molecule has 0 saturated heterocycles. The number of anilines is 1. The lowest BCUT2D eigenvalue weighted by Crippen LogP contribution is -2.42. The van der Waals surface area contributed by atoms with Crippen molar-refractivity contribution in [3.63, 3.8) is 0 Å². The first-order valence-electron chi connectivity index (χ1n) is 6.65. The van der Waals surface area contributed by atoms with Gasteiger partial charge in [-0.3, -0.25) is 0 Å². The van der Waals surface area contributed by atoms with E-state index in [1.807, 2.05) is 0 Å². The number of carboxylic acid groups (broad SMARTS) is 1. The second kappa shape index (κ2) is 5.34. The van der Waals surface area contributed by atoms with Crippen LogP contribution in [-0.2, 0) is 0 Å². The quantitative estimate of drug-likeness (QED) is 0.800. The highest BCUT2D eigenvalue weighted by Gasteiger charge is 2.22. The minimum atomic E-state index is -0.963. The van der Waals surface area contributed by atoms with E-state index in [1.54, 1.807) is 11.6 Å². The van der Waals surface area contributed by atoms with Crippen molar-refractivity contribution in [1.82, 2.24) is 9.97 Å². The van der Waals surface area contributed by atoms with Gasteiger partial charge < -0.3 is 16.2 Å². The Morgan fingerprint density at radius 1 is 1.45 bits per heavy atom. The number of nitrogens with zero attached hydrogens (tertiary/aromatic N) is 2. The first-order valence-corrected chi connectivity index (χ1v) is 7.53.